The Labute approximate surface area is 71.6 Å². The fraction of sp³-hybridized carbons (Fsp3) is 0.429. The van der Waals surface area contributed by atoms with E-state index in [9.17, 15) is 0 Å². The second kappa shape index (κ2) is 3.00. The number of hydrogen-bond acceptors (Lipinski definition) is 2. The highest BCUT2D eigenvalue weighted by Gasteiger charge is 2.03. The highest BCUT2D eigenvalue weighted by atomic mass is 32.1. The van der Waals surface area contributed by atoms with Crippen LogP contribution < -0.4 is 0 Å². The van der Waals surface area contributed by atoms with E-state index in [1.165, 1.54) is 0 Å². The highest BCUT2D eigenvalue weighted by molar-refractivity contribution is 7.80. The molecule has 1 heterocycles. The van der Waals surface area contributed by atoms with Gasteiger partial charge in [0.05, 0.1) is 6.20 Å². The van der Waals surface area contributed by atoms with Crippen molar-refractivity contribution in [2.75, 3.05) is 14.1 Å². The van der Waals surface area contributed by atoms with E-state index < -0.39 is 0 Å². The van der Waals surface area contributed by atoms with Crippen LogP contribution in [0.1, 0.15) is 5.56 Å². The molecule has 0 fully saturated rings. The van der Waals surface area contributed by atoms with Gasteiger partial charge in [-0.05, 0) is 0 Å². The van der Waals surface area contributed by atoms with E-state index in [1.54, 1.807) is 10.9 Å². The van der Waals surface area contributed by atoms with Crippen LogP contribution in [0, 0.1) is 0 Å². The first kappa shape index (κ1) is 8.20. The lowest BCUT2D eigenvalue weighted by Crippen LogP contribution is -2.19. The first-order valence-corrected chi connectivity index (χ1v) is 3.72. The van der Waals surface area contributed by atoms with Crippen molar-refractivity contribution in [2.24, 2.45) is 7.05 Å². The summed E-state index contributed by atoms with van der Waals surface area (Å²) in [6, 6.07) is 0. The molecular weight excluding hydrogens is 158 g/mol. The van der Waals surface area contributed by atoms with Crippen molar-refractivity contribution in [3.05, 3.63) is 18.0 Å². The predicted molar refractivity (Wildman–Crippen MR) is 48.6 cm³/mol. The lowest BCUT2D eigenvalue weighted by molar-refractivity contribution is 0.636. The summed E-state index contributed by atoms with van der Waals surface area (Å²) < 4.78 is 1.74. The van der Waals surface area contributed by atoms with Crippen molar-refractivity contribution in [1.82, 2.24) is 14.7 Å². The molecule has 0 aliphatic carbocycles. The highest BCUT2D eigenvalue weighted by Crippen LogP contribution is 2.00. The lowest BCUT2D eigenvalue weighted by atomic mass is 10.3. The molecule has 0 bridgehead atoms. The fourth-order valence-corrected chi connectivity index (χ4v) is 0.895. The minimum absolute atomic E-state index is 0.818. The molecule has 0 atom stereocenters. The van der Waals surface area contributed by atoms with Crippen molar-refractivity contribution in [1.29, 1.82) is 0 Å². The Morgan fingerprint density at radius 1 is 1.64 bits per heavy atom. The van der Waals surface area contributed by atoms with Crippen molar-refractivity contribution in [2.45, 2.75) is 0 Å². The van der Waals surface area contributed by atoms with Crippen LogP contribution in [0.15, 0.2) is 12.4 Å². The zero-order valence-corrected chi connectivity index (χ0v) is 7.72. The number of aryl methyl sites for hydroxylation is 1. The molecule has 11 heavy (non-hydrogen) atoms. The molecule has 0 aromatic carbocycles. The molecule has 0 saturated carbocycles. The van der Waals surface area contributed by atoms with Gasteiger partial charge in [-0.15, -0.1) is 0 Å². The maximum absolute atomic E-state index is 5.13. The van der Waals surface area contributed by atoms with Gasteiger partial charge in [-0.3, -0.25) is 4.68 Å². The van der Waals surface area contributed by atoms with Crippen molar-refractivity contribution >= 4 is 17.2 Å². The van der Waals surface area contributed by atoms with E-state index >= 15 is 0 Å². The average molecular weight is 169 g/mol. The smallest absolute Gasteiger partial charge is 0.111 e. The Balaban J connectivity index is 2.85. The summed E-state index contributed by atoms with van der Waals surface area (Å²) in [6.45, 7) is 0. The van der Waals surface area contributed by atoms with Crippen LogP contribution in [0.2, 0.25) is 0 Å². The van der Waals surface area contributed by atoms with Crippen LogP contribution in [0.5, 0.6) is 0 Å². The molecule has 1 rings (SSSR count). The Bertz CT molecular complexity index is 264. The summed E-state index contributed by atoms with van der Waals surface area (Å²) in [5, 5.41) is 4.02. The fourth-order valence-electron chi connectivity index (χ4n) is 0.790. The van der Waals surface area contributed by atoms with Gasteiger partial charge in [0.1, 0.15) is 4.99 Å². The zero-order valence-electron chi connectivity index (χ0n) is 6.90. The Morgan fingerprint density at radius 2 is 2.27 bits per heavy atom. The van der Waals surface area contributed by atoms with Crippen molar-refractivity contribution in [3.63, 3.8) is 0 Å². The van der Waals surface area contributed by atoms with Crippen LogP contribution in [-0.4, -0.2) is 33.8 Å². The normalized spacial score (nSPS) is 9.73. The van der Waals surface area contributed by atoms with E-state index in [0.717, 1.165) is 10.6 Å². The third-order valence-corrected chi connectivity index (χ3v) is 1.96. The third-order valence-electron chi connectivity index (χ3n) is 1.36. The van der Waals surface area contributed by atoms with Gasteiger partial charge in [0.25, 0.3) is 0 Å². The molecule has 60 valence electrons. The van der Waals surface area contributed by atoms with Gasteiger partial charge < -0.3 is 4.90 Å². The summed E-state index contributed by atoms with van der Waals surface area (Å²) in [5.74, 6) is 0. The molecule has 0 unspecified atom stereocenters. The molecule has 0 aliphatic heterocycles. The standard InChI is InChI=1S/C7H11N3S/c1-9(2)7(11)6-4-8-10(3)5-6/h4-5H,1-3H3. The maximum atomic E-state index is 5.13. The Kier molecular flexibility index (Phi) is 2.24. The number of thiocarbonyl (C=S) groups is 1. The van der Waals surface area contributed by atoms with Crippen molar-refractivity contribution < 1.29 is 0 Å². The number of rotatable bonds is 1. The summed E-state index contributed by atoms with van der Waals surface area (Å²) in [4.78, 5) is 2.71. The predicted octanol–water partition coefficient (Wildman–Crippen LogP) is 0.657. The number of hydrogen-bond donors (Lipinski definition) is 0. The van der Waals surface area contributed by atoms with Gasteiger partial charge >= 0.3 is 0 Å². The molecule has 0 saturated heterocycles. The molecule has 0 amide bonds. The summed E-state index contributed by atoms with van der Waals surface area (Å²) >= 11 is 5.13. The van der Waals surface area contributed by atoms with Gasteiger partial charge in [-0.2, -0.15) is 5.10 Å². The third kappa shape index (κ3) is 1.77. The lowest BCUT2D eigenvalue weighted by Gasteiger charge is -2.10. The molecular formula is C7H11N3S. The number of nitrogens with zero attached hydrogens (tertiary/aromatic N) is 3. The monoisotopic (exact) mass is 169 g/mol. The van der Waals surface area contributed by atoms with E-state index in [2.05, 4.69) is 5.10 Å². The van der Waals surface area contributed by atoms with Crippen LogP contribution in [-0.2, 0) is 7.05 Å². The van der Waals surface area contributed by atoms with Gasteiger partial charge in [-0.25, -0.2) is 0 Å². The van der Waals surface area contributed by atoms with Crippen LogP contribution in [0.25, 0.3) is 0 Å². The summed E-state index contributed by atoms with van der Waals surface area (Å²) in [5.41, 5.74) is 0.993. The summed E-state index contributed by atoms with van der Waals surface area (Å²) in [6.07, 6.45) is 3.67. The van der Waals surface area contributed by atoms with Gasteiger partial charge in [0.2, 0.25) is 0 Å². The quantitative estimate of drug-likeness (QED) is 0.576. The first-order chi connectivity index (χ1) is 5.11. The van der Waals surface area contributed by atoms with E-state index in [1.807, 2.05) is 32.2 Å². The van der Waals surface area contributed by atoms with Gasteiger partial charge in [-0.1, -0.05) is 12.2 Å². The minimum atomic E-state index is 0.818. The van der Waals surface area contributed by atoms with E-state index in [4.69, 9.17) is 12.2 Å². The minimum Gasteiger partial charge on any atom is -0.368 e. The molecule has 3 nitrogen and oxygen atoms in total. The maximum Gasteiger partial charge on any atom is 0.111 e. The molecule has 1 aromatic rings. The Morgan fingerprint density at radius 3 is 2.64 bits per heavy atom. The van der Waals surface area contributed by atoms with Gasteiger partial charge in [0.15, 0.2) is 0 Å². The topological polar surface area (TPSA) is 21.1 Å². The second-order valence-electron chi connectivity index (χ2n) is 2.60. The van der Waals surface area contributed by atoms with Gasteiger partial charge in [0, 0.05) is 32.9 Å². The first-order valence-electron chi connectivity index (χ1n) is 3.31. The largest absolute Gasteiger partial charge is 0.368 e. The molecule has 0 radical (unpaired) electrons. The molecule has 0 N–H and O–H groups in total. The molecule has 0 aliphatic rings. The van der Waals surface area contributed by atoms with E-state index in [-0.39, 0.29) is 0 Å². The van der Waals surface area contributed by atoms with Crippen LogP contribution in [0.3, 0.4) is 0 Å². The zero-order chi connectivity index (χ0) is 8.43. The Hall–Kier alpha value is -0.900. The molecule has 1 aromatic heterocycles. The van der Waals surface area contributed by atoms with Crippen LogP contribution >= 0.6 is 12.2 Å². The SMILES string of the molecule is CN(C)C(=S)c1cnn(C)c1. The second-order valence-corrected chi connectivity index (χ2v) is 2.99. The number of aromatic nitrogens is 2. The van der Waals surface area contributed by atoms with Crippen molar-refractivity contribution in [3.8, 4) is 0 Å². The van der Waals surface area contributed by atoms with E-state index in [0.29, 0.717) is 0 Å². The molecule has 4 heteroatoms. The molecule has 0 spiro atoms. The average Bonchev–Trinajstić information content (AvgIpc) is 2.34. The summed E-state index contributed by atoms with van der Waals surface area (Å²) in [7, 11) is 5.73. The van der Waals surface area contributed by atoms with Crippen LogP contribution in [0.4, 0.5) is 0 Å².